The third kappa shape index (κ3) is 6.61. The van der Waals surface area contributed by atoms with E-state index in [-0.39, 0.29) is 25.5 Å². The molecule has 0 atom stereocenters. The zero-order valence-electron chi connectivity index (χ0n) is 13.7. The molecule has 0 radical (unpaired) electrons. The number of methoxy groups -OCH3 is 1. The van der Waals surface area contributed by atoms with Gasteiger partial charge in [0.25, 0.3) is 5.91 Å². The molecule has 1 amide bonds. The molecule has 0 bridgehead atoms. The van der Waals surface area contributed by atoms with Crippen LogP contribution < -0.4 is 14.8 Å². The Bertz CT molecular complexity index is 718. The molecular weight excluding hydrogens is 437 g/mol. The number of esters is 1. The van der Waals surface area contributed by atoms with Gasteiger partial charge in [-0.15, -0.1) is 0 Å². The largest absolute Gasteiger partial charge is 0.493 e. The van der Waals surface area contributed by atoms with Crippen LogP contribution in [0.3, 0.4) is 0 Å². The van der Waals surface area contributed by atoms with Gasteiger partial charge in [-0.1, -0.05) is 12.1 Å². The van der Waals surface area contributed by atoms with Crippen molar-refractivity contribution in [3.63, 3.8) is 0 Å². The monoisotopic (exact) mass is 455 g/mol. The minimum absolute atomic E-state index is 0.0366. The highest BCUT2D eigenvalue weighted by Gasteiger charge is 2.09. The third-order valence-corrected chi connectivity index (χ3v) is 3.84. The molecule has 0 aromatic heterocycles. The minimum Gasteiger partial charge on any atom is -0.493 e. The van der Waals surface area contributed by atoms with E-state index >= 15 is 0 Å². The Hall–Kier alpha value is -2.29. The van der Waals surface area contributed by atoms with Gasteiger partial charge in [-0.05, 0) is 59.0 Å². The number of carbonyl (C=O) groups excluding carboxylic acids is 2. The van der Waals surface area contributed by atoms with Crippen LogP contribution >= 0.6 is 22.6 Å². The van der Waals surface area contributed by atoms with E-state index in [2.05, 4.69) is 27.9 Å². The zero-order valence-corrected chi connectivity index (χ0v) is 15.8. The maximum atomic E-state index is 11.7. The highest BCUT2D eigenvalue weighted by atomic mass is 127. The molecule has 0 aliphatic carbocycles. The predicted molar refractivity (Wildman–Crippen MR) is 102 cm³/mol. The molecule has 2 rings (SSSR count). The fourth-order valence-corrected chi connectivity index (χ4v) is 2.29. The van der Waals surface area contributed by atoms with Crippen LogP contribution in [0.5, 0.6) is 11.5 Å². The van der Waals surface area contributed by atoms with Gasteiger partial charge in [0, 0.05) is 9.26 Å². The topological polar surface area (TPSA) is 73.9 Å². The summed E-state index contributed by atoms with van der Waals surface area (Å²) in [6.07, 6.45) is 0.0366. The summed E-state index contributed by atoms with van der Waals surface area (Å²) in [6.45, 7) is -0.197. The molecule has 2 aromatic carbocycles. The first-order chi connectivity index (χ1) is 12.1. The minimum atomic E-state index is -0.507. The van der Waals surface area contributed by atoms with E-state index in [1.807, 2.05) is 24.3 Å². The number of rotatable bonds is 8. The van der Waals surface area contributed by atoms with Crippen molar-refractivity contribution in [1.82, 2.24) is 0 Å². The molecule has 25 heavy (non-hydrogen) atoms. The molecule has 7 heteroatoms. The van der Waals surface area contributed by atoms with Crippen molar-refractivity contribution >= 4 is 40.2 Å². The first kappa shape index (κ1) is 19.0. The van der Waals surface area contributed by atoms with E-state index < -0.39 is 5.97 Å². The summed E-state index contributed by atoms with van der Waals surface area (Å²) in [5, 5.41) is 2.65. The molecule has 0 fully saturated rings. The molecule has 0 aliphatic rings. The van der Waals surface area contributed by atoms with Gasteiger partial charge >= 0.3 is 5.97 Å². The number of halogens is 1. The van der Waals surface area contributed by atoms with Gasteiger partial charge in [-0.25, -0.2) is 0 Å². The van der Waals surface area contributed by atoms with Gasteiger partial charge in [0.2, 0.25) is 0 Å². The number of benzene rings is 2. The number of carbonyl (C=O) groups is 2. The number of hydrogen-bond donors (Lipinski definition) is 1. The highest BCUT2D eigenvalue weighted by molar-refractivity contribution is 14.1. The molecule has 0 saturated heterocycles. The number of hydrogen-bond acceptors (Lipinski definition) is 5. The zero-order chi connectivity index (χ0) is 18.1. The van der Waals surface area contributed by atoms with Crippen LogP contribution in [-0.2, 0) is 14.3 Å². The van der Waals surface area contributed by atoms with Crippen molar-refractivity contribution < 1.29 is 23.8 Å². The van der Waals surface area contributed by atoms with Crippen LogP contribution in [-0.4, -0.2) is 32.2 Å². The highest BCUT2D eigenvalue weighted by Crippen LogP contribution is 2.25. The maximum Gasteiger partial charge on any atom is 0.309 e. The smallest absolute Gasteiger partial charge is 0.309 e. The van der Waals surface area contributed by atoms with Crippen molar-refractivity contribution in [3.05, 3.63) is 52.1 Å². The van der Waals surface area contributed by atoms with Crippen LogP contribution in [0.4, 0.5) is 5.69 Å². The van der Waals surface area contributed by atoms with Crippen molar-refractivity contribution in [2.45, 2.75) is 6.42 Å². The number of para-hydroxylation sites is 2. The number of nitrogens with one attached hydrogen (secondary N) is 1. The molecule has 2 aromatic rings. The Morgan fingerprint density at radius 3 is 2.40 bits per heavy atom. The lowest BCUT2D eigenvalue weighted by Gasteiger charge is -2.10. The lowest BCUT2D eigenvalue weighted by molar-refractivity contribution is -0.147. The summed E-state index contributed by atoms with van der Waals surface area (Å²) in [4.78, 5) is 23.4. The normalized spacial score (nSPS) is 10.0. The molecule has 0 aliphatic heterocycles. The SMILES string of the molecule is COc1ccccc1OCCC(=O)OCC(=O)Nc1ccc(I)cc1. The number of anilines is 1. The van der Waals surface area contributed by atoms with E-state index in [0.29, 0.717) is 17.2 Å². The molecule has 0 heterocycles. The summed E-state index contributed by atoms with van der Waals surface area (Å²) < 4.78 is 16.6. The fourth-order valence-electron chi connectivity index (χ4n) is 1.93. The van der Waals surface area contributed by atoms with Crippen LogP contribution in [0.25, 0.3) is 0 Å². The Balaban J connectivity index is 1.68. The van der Waals surface area contributed by atoms with Crippen LogP contribution in [0.1, 0.15) is 6.42 Å². The van der Waals surface area contributed by atoms with E-state index in [1.54, 1.807) is 31.4 Å². The lowest BCUT2D eigenvalue weighted by Crippen LogP contribution is -2.21. The fraction of sp³-hybridized carbons (Fsp3) is 0.222. The Labute approximate surface area is 159 Å². The predicted octanol–water partition coefficient (Wildman–Crippen LogP) is 3.25. The summed E-state index contributed by atoms with van der Waals surface area (Å²) in [6, 6.07) is 14.5. The second-order valence-corrected chi connectivity index (χ2v) is 6.21. The molecule has 0 saturated carbocycles. The standard InChI is InChI=1S/C18H18INO5/c1-23-15-4-2-3-5-16(15)24-11-10-18(22)25-12-17(21)20-14-8-6-13(19)7-9-14/h2-9H,10-12H2,1H3,(H,20,21). The van der Waals surface area contributed by atoms with Crippen LogP contribution in [0.15, 0.2) is 48.5 Å². The first-order valence-electron chi connectivity index (χ1n) is 7.55. The van der Waals surface area contributed by atoms with Gasteiger partial charge in [0.15, 0.2) is 18.1 Å². The van der Waals surface area contributed by atoms with Crippen LogP contribution in [0, 0.1) is 3.57 Å². The van der Waals surface area contributed by atoms with Gasteiger partial charge in [-0.2, -0.15) is 0 Å². The van der Waals surface area contributed by atoms with Crippen LogP contribution in [0.2, 0.25) is 0 Å². The molecule has 0 spiro atoms. The number of ether oxygens (including phenoxy) is 3. The van der Waals surface area contributed by atoms with Crippen molar-refractivity contribution in [1.29, 1.82) is 0 Å². The molecule has 0 unspecified atom stereocenters. The lowest BCUT2D eigenvalue weighted by atomic mass is 10.3. The molecule has 132 valence electrons. The van der Waals surface area contributed by atoms with Gasteiger partial charge < -0.3 is 19.5 Å². The summed E-state index contributed by atoms with van der Waals surface area (Å²) in [7, 11) is 1.54. The second kappa shape index (κ2) is 9.87. The van der Waals surface area contributed by atoms with Gasteiger partial charge in [0.05, 0.1) is 20.1 Å². The average molecular weight is 455 g/mol. The Morgan fingerprint density at radius 2 is 1.72 bits per heavy atom. The summed E-state index contributed by atoms with van der Waals surface area (Å²) in [5.74, 6) is 0.245. The quantitative estimate of drug-likeness (QED) is 0.489. The van der Waals surface area contributed by atoms with E-state index in [4.69, 9.17) is 14.2 Å². The third-order valence-electron chi connectivity index (χ3n) is 3.13. The van der Waals surface area contributed by atoms with Gasteiger partial charge in [0.1, 0.15) is 0 Å². The molecular formula is C18H18INO5. The maximum absolute atomic E-state index is 11.7. The van der Waals surface area contributed by atoms with E-state index in [1.165, 1.54) is 0 Å². The summed E-state index contributed by atoms with van der Waals surface area (Å²) >= 11 is 2.17. The molecule has 6 nitrogen and oxygen atoms in total. The average Bonchev–Trinajstić information content (AvgIpc) is 2.62. The van der Waals surface area contributed by atoms with E-state index in [9.17, 15) is 9.59 Å². The van der Waals surface area contributed by atoms with Crippen molar-refractivity contribution in [3.8, 4) is 11.5 Å². The van der Waals surface area contributed by atoms with Gasteiger partial charge in [-0.3, -0.25) is 9.59 Å². The molecule has 1 N–H and O–H groups in total. The second-order valence-electron chi connectivity index (χ2n) is 4.97. The van der Waals surface area contributed by atoms with Crippen molar-refractivity contribution in [2.24, 2.45) is 0 Å². The van der Waals surface area contributed by atoms with E-state index in [0.717, 1.165) is 3.57 Å². The van der Waals surface area contributed by atoms with Crippen molar-refractivity contribution in [2.75, 3.05) is 25.6 Å². The number of amides is 1. The Kier molecular flexibility index (Phi) is 7.52. The first-order valence-corrected chi connectivity index (χ1v) is 8.63. The Morgan fingerprint density at radius 1 is 1.04 bits per heavy atom. The summed E-state index contributed by atoms with van der Waals surface area (Å²) in [5.41, 5.74) is 0.654.